The van der Waals surface area contributed by atoms with E-state index in [0.717, 1.165) is 71.2 Å². The average Bonchev–Trinajstić information content (AvgIpc) is 2.81. The highest BCUT2D eigenvalue weighted by atomic mass is 16.3. The fourth-order valence-electron chi connectivity index (χ4n) is 5.66. The van der Waals surface area contributed by atoms with Crippen LogP contribution in [0.15, 0.2) is 24.5 Å². The van der Waals surface area contributed by atoms with E-state index in [2.05, 4.69) is 26.2 Å². The Morgan fingerprint density at radius 2 is 1.93 bits per heavy atom. The molecule has 0 unspecified atom stereocenters. The Balaban J connectivity index is 1.26. The molecule has 1 aromatic heterocycles. The number of amides is 1. The first-order valence-corrected chi connectivity index (χ1v) is 12.0. The molecule has 1 amide bonds. The molecule has 0 aromatic carbocycles. The van der Waals surface area contributed by atoms with Crippen molar-refractivity contribution < 1.29 is 9.90 Å². The Labute approximate surface area is 181 Å². The standard InChI is InChI=1S/C24H38N4O2/c29-19-24(10-2-1-3-11-24)26-23(30)21-7-5-13-28(18-21)22-8-14-27(15-9-22)17-20-6-4-12-25-16-20/h4,6,12,16,21-22,29H,1-3,5,7-11,13-15,17-19H2,(H,26,30)/t21-/m1/s1. The van der Waals surface area contributed by atoms with Crippen LogP contribution in [0.3, 0.4) is 0 Å². The molecule has 0 radical (unpaired) electrons. The summed E-state index contributed by atoms with van der Waals surface area (Å²) < 4.78 is 0. The molecule has 2 aliphatic heterocycles. The Hall–Kier alpha value is -1.50. The molecule has 6 nitrogen and oxygen atoms in total. The molecule has 2 saturated heterocycles. The van der Waals surface area contributed by atoms with E-state index in [9.17, 15) is 9.90 Å². The van der Waals surface area contributed by atoms with E-state index in [0.29, 0.717) is 6.04 Å². The second-order valence-electron chi connectivity index (χ2n) is 9.69. The Kier molecular flexibility index (Phi) is 7.39. The van der Waals surface area contributed by atoms with Gasteiger partial charge in [0.25, 0.3) is 0 Å². The number of rotatable bonds is 6. The summed E-state index contributed by atoms with van der Waals surface area (Å²) in [7, 11) is 0. The van der Waals surface area contributed by atoms with Crippen LogP contribution in [0.2, 0.25) is 0 Å². The van der Waals surface area contributed by atoms with Gasteiger partial charge in [-0.2, -0.15) is 0 Å². The van der Waals surface area contributed by atoms with Gasteiger partial charge < -0.3 is 10.4 Å². The minimum Gasteiger partial charge on any atom is -0.394 e. The lowest BCUT2D eigenvalue weighted by atomic mass is 9.81. The number of aliphatic hydroxyl groups is 1. The number of hydrogen-bond donors (Lipinski definition) is 2. The zero-order chi connectivity index (χ0) is 20.8. The first kappa shape index (κ1) is 21.7. The fourth-order valence-corrected chi connectivity index (χ4v) is 5.66. The number of likely N-dealkylation sites (tertiary alicyclic amines) is 2. The smallest absolute Gasteiger partial charge is 0.224 e. The first-order valence-electron chi connectivity index (χ1n) is 12.0. The summed E-state index contributed by atoms with van der Waals surface area (Å²) in [5.41, 5.74) is 0.918. The number of nitrogens with zero attached hydrogens (tertiary/aromatic N) is 3. The van der Waals surface area contributed by atoms with Crippen molar-refractivity contribution in [3.05, 3.63) is 30.1 Å². The SMILES string of the molecule is O=C(NC1(CO)CCCCC1)[C@@H]1CCCN(C2CCN(Cc3cccnc3)CC2)C1. The number of aliphatic hydroxyl groups excluding tert-OH is 1. The lowest BCUT2D eigenvalue weighted by Gasteiger charge is -2.43. The highest BCUT2D eigenvalue weighted by Crippen LogP contribution is 2.30. The Morgan fingerprint density at radius 3 is 2.63 bits per heavy atom. The van der Waals surface area contributed by atoms with Crippen LogP contribution in [0.4, 0.5) is 0 Å². The van der Waals surface area contributed by atoms with Crippen molar-refractivity contribution in [2.24, 2.45) is 5.92 Å². The summed E-state index contributed by atoms with van der Waals surface area (Å²) in [6, 6.07) is 4.75. The second kappa shape index (κ2) is 10.2. The van der Waals surface area contributed by atoms with Crippen LogP contribution in [-0.2, 0) is 11.3 Å². The largest absolute Gasteiger partial charge is 0.394 e. The Morgan fingerprint density at radius 1 is 1.13 bits per heavy atom. The van der Waals surface area contributed by atoms with Crippen LogP contribution >= 0.6 is 0 Å². The maximum Gasteiger partial charge on any atom is 0.224 e. The predicted molar refractivity (Wildman–Crippen MR) is 118 cm³/mol. The van der Waals surface area contributed by atoms with Crippen LogP contribution in [0.25, 0.3) is 0 Å². The molecule has 3 heterocycles. The highest BCUT2D eigenvalue weighted by Gasteiger charge is 2.37. The quantitative estimate of drug-likeness (QED) is 0.749. The molecule has 1 saturated carbocycles. The number of carbonyl (C=O) groups is 1. The summed E-state index contributed by atoms with van der Waals surface area (Å²) >= 11 is 0. The van der Waals surface area contributed by atoms with Gasteiger partial charge in [0.05, 0.1) is 18.1 Å². The van der Waals surface area contributed by atoms with E-state index < -0.39 is 0 Å². The Bertz CT molecular complexity index is 669. The second-order valence-corrected chi connectivity index (χ2v) is 9.69. The van der Waals surface area contributed by atoms with Gasteiger partial charge in [-0.3, -0.25) is 19.6 Å². The van der Waals surface area contributed by atoms with Crippen LogP contribution in [0.5, 0.6) is 0 Å². The van der Waals surface area contributed by atoms with E-state index in [4.69, 9.17) is 0 Å². The van der Waals surface area contributed by atoms with Gasteiger partial charge in [0.1, 0.15) is 0 Å². The van der Waals surface area contributed by atoms with Crippen LogP contribution in [0.1, 0.15) is 63.4 Å². The fraction of sp³-hybridized carbons (Fsp3) is 0.750. The zero-order valence-electron chi connectivity index (χ0n) is 18.3. The van der Waals surface area contributed by atoms with Gasteiger partial charge in [0, 0.05) is 31.5 Å². The number of aromatic nitrogens is 1. The lowest BCUT2D eigenvalue weighted by Crippen LogP contribution is -2.57. The van der Waals surface area contributed by atoms with Crippen LogP contribution in [0, 0.1) is 5.92 Å². The third-order valence-electron chi connectivity index (χ3n) is 7.53. The molecular weight excluding hydrogens is 376 g/mol. The van der Waals surface area contributed by atoms with E-state index >= 15 is 0 Å². The topological polar surface area (TPSA) is 68.7 Å². The maximum atomic E-state index is 13.1. The van der Waals surface area contributed by atoms with E-state index in [1.165, 1.54) is 24.8 Å². The van der Waals surface area contributed by atoms with Crippen molar-refractivity contribution in [3.63, 3.8) is 0 Å². The summed E-state index contributed by atoms with van der Waals surface area (Å²) in [6.07, 6.45) is 13.5. The summed E-state index contributed by atoms with van der Waals surface area (Å²) in [5.74, 6) is 0.238. The van der Waals surface area contributed by atoms with Crippen molar-refractivity contribution >= 4 is 5.91 Å². The van der Waals surface area contributed by atoms with Gasteiger partial charge in [-0.15, -0.1) is 0 Å². The van der Waals surface area contributed by atoms with Crippen molar-refractivity contribution in [3.8, 4) is 0 Å². The van der Waals surface area contributed by atoms with Gasteiger partial charge >= 0.3 is 0 Å². The molecule has 166 valence electrons. The molecule has 4 rings (SSSR count). The van der Waals surface area contributed by atoms with Gasteiger partial charge in [0.2, 0.25) is 5.91 Å². The molecule has 1 aromatic rings. The summed E-state index contributed by atoms with van der Waals surface area (Å²) in [4.78, 5) is 22.4. The molecule has 3 fully saturated rings. The van der Waals surface area contributed by atoms with E-state index in [-0.39, 0.29) is 24.0 Å². The summed E-state index contributed by atoms with van der Waals surface area (Å²) in [5, 5.41) is 13.2. The normalized spacial score (nSPS) is 26.4. The molecule has 30 heavy (non-hydrogen) atoms. The minimum absolute atomic E-state index is 0.0672. The number of carbonyl (C=O) groups excluding carboxylic acids is 1. The van der Waals surface area contributed by atoms with Crippen molar-refractivity contribution in [2.45, 2.75) is 75.9 Å². The molecule has 2 N–H and O–H groups in total. The first-order chi connectivity index (χ1) is 14.7. The van der Waals surface area contributed by atoms with Gasteiger partial charge in [-0.25, -0.2) is 0 Å². The van der Waals surface area contributed by atoms with Gasteiger partial charge in [0.15, 0.2) is 0 Å². The van der Waals surface area contributed by atoms with Gasteiger partial charge in [-0.05, 0) is 69.8 Å². The van der Waals surface area contributed by atoms with Crippen LogP contribution in [-0.4, -0.2) is 70.2 Å². The minimum atomic E-state index is -0.366. The van der Waals surface area contributed by atoms with Crippen LogP contribution < -0.4 is 5.32 Å². The molecule has 6 heteroatoms. The van der Waals surface area contributed by atoms with Crippen molar-refractivity contribution in [1.29, 1.82) is 0 Å². The predicted octanol–water partition coefficient (Wildman–Crippen LogP) is 2.57. The van der Waals surface area contributed by atoms with E-state index in [1.54, 1.807) is 0 Å². The molecule has 1 atom stereocenters. The van der Waals surface area contributed by atoms with Crippen molar-refractivity contribution in [2.75, 3.05) is 32.8 Å². The van der Waals surface area contributed by atoms with E-state index in [1.807, 2.05) is 18.5 Å². The number of pyridine rings is 1. The average molecular weight is 415 g/mol. The molecule has 0 bridgehead atoms. The summed E-state index contributed by atoms with van der Waals surface area (Å²) in [6.45, 7) is 5.27. The maximum absolute atomic E-state index is 13.1. The highest BCUT2D eigenvalue weighted by molar-refractivity contribution is 5.79. The monoisotopic (exact) mass is 414 g/mol. The number of piperidine rings is 2. The third kappa shape index (κ3) is 5.40. The zero-order valence-corrected chi connectivity index (χ0v) is 18.3. The number of hydrogen-bond acceptors (Lipinski definition) is 5. The lowest BCUT2D eigenvalue weighted by molar-refractivity contribution is -0.130. The number of nitrogens with one attached hydrogen (secondary N) is 1. The molecular formula is C24H38N4O2. The molecule has 3 aliphatic rings. The molecule has 0 spiro atoms. The van der Waals surface area contributed by atoms with Gasteiger partial charge in [-0.1, -0.05) is 25.3 Å². The van der Waals surface area contributed by atoms with Crippen molar-refractivity contribution in [1.82, 2.24) is 20.1 Å². The molecule has 1 aliphatic carbocycles. The third-order valence-corrected chi connectivity index (χ3v) is 7.53.